The second-order valence-electron chi connectivity index (χ2n) is 5.26. The van der Waals surface area contributed by atoms with Crippen LogP contribution in [0.25, 0.3) is 31.7 Å². The van der Waals surface area contributed by atoms with Gasteiger partial charge in [0.1, 0.15) is 0 Å². The van der Waals surface area contributed by atoms with Gasteiger partial charge in [0.05, 0.1) is 0 Å². The number of benzene rings is 3. The predicted molar refractivity (Wildman–Crippen MR) is 97.1 cm³/mol. The first kappa shape index (κ1) is 13.2. The lowest BCUT2D eigenvalue weighted by Crippen LogP contribution is -1.81. The lowest BCUT2D eigenvalue weighted by molar-refractivity contribution is 1.68. The third kappa shape index (κ3) is 2.40. The van der Waals surface area contributed by atoms with Crippen LogP contribution < -0.4 is 0 Å². The molecule has 0 spiro atoms. The highest BCUT2D eigenvalue weighted by atomic mass is 32.1. The van der Waals surface area contributed by atoms with Crippen LogP contribution in [0.3, 0.4) is 0 Å². The van der Waals surface area contributed by atoms with E-state index in [-0.39, 0.29) is 0 Å². The number of fused-ring (bicyclic) bond motifs is 1. The second kappa shape index (κ2) is 5.70. The van der Waals surface area contributed by atoms with Gasteiger partial charge in [0, 0.05) is 22.6 Å². The maximum absolute atomic E-state index is 2.29. The minimum atomic E-state index is 1.27. The molecule has 4 aromatic rings. The molecule has 0 nitrogen and oxygen atoms in total. The monoisotopic (exact) mass is 299 g/mol. The van der Waals surface area contributed by atoms with Gasteiger partial charge in [-0.25, -0.2) is 0 Å². The van der Waals surface area contributed by atoms with Crippen molar-refractivity contribution in [2.45, 2.75) is 0 Å². The third-order valence-corrected chi connectivity index (χ3v) is 5.03. The number of rotatable bonds is 2. The molecule has 0 N–H and O–H groups in total. The molecule has 104 valence electrons. The van der Waals surface area contributed by atoms with Crippen molar-refractivity contribution in [3.8, 4) is 20.9 Å². The SMILES string of the molecule is c1ccc(-c2cc3ccccc3c(-c3ccccc3)[s+]2)cc1. The summed E-state index contributed by atoms with van der Waals surface area (Å²) in [5.41, 5.74) is 2.55. The van der Waals surface area contributed by atoms with Gasteiger partial charge in [-0.05, 0) is 35.7 Å². The van der Waals surface area contributed by atoms with Crippen molar-refractivity contribution in [1.29, 1.82) is 0 Å². The Hall–Kier alpha value is -2.51. The minimum absolute atomic E-state index is 1.27. The van der Waals surface area contributed by atoms with Crippen LogP contribution in [-0.4, -0.2) is 0 Å². The molecule has 4 rings (SSSR count). The van der Waals surface area contributed by atoms with Gasteiger partial charge in [0.25, 0.3) is 0 Å². The smallest absolute Gasteiger partial charge is 0.0622 e. The van der Waals surface area contributed by atoms with Gasteiger partial charge in [0.2, 0.25) is 21.1 Å². The number of hydrogen-bond donors (Lipinski definition) is 0. The fourth-order valence-electron chi connectivity index (χ4n) is 2.71. The average molecular weight is 299 g/mol. The molecule has 0 aliphatic carbocycles. The van der Waals surface area contributed by atoms with E-state index in [9.17, 15) is 0 Å². The number of hydrogen-bond acceptors (Lipinski definition) is 0. The molecule has 1 aromatic heterocycles. The molecule has 0 unspecified atom stereocenters. The van der Waals surface area contributed by atoms with Crippen molar-refractivity contribution in [2.75, 3.05) is 0 Å². The lowest BCUT2D eigenvalue weighted by atomic mass is 10.1. The zero-order chi connectivity index (χ0) is 14.8. The van der Waals surface area contributed by atoms with Gasteiger partial charge >= 0.3 is 0 Å². The van der Waals surface area contributed by atoms with Gasteiger partial charge in [-0.1, -0.05) is 54.6 Å². The first-order chi connectivity index (χ1) is 10.9. The van der Waals surface area contributed by atoms with Crippen LogP contribution in [0.15, 0.2) is 91.0 Å². The van der Waals surface area contributed by atoms with E-state index in [4.69, 9.17) is 0 Å². The molecule has 0 saturated carbocycles. The van der Waals surface area contributed by atoms with Crippen LogP contribution >= 0.6 is 11.3 Å². The van der Waals surface area contributed by atoms with Crippen LogP contribution in [0.5, 0.6) is 0 Å². The van der Waals surface area contributed by atoms with Crippen LogP contribution in [0.2, 0.25) is 0 Å². The Morgan fingerprint density at radius 2 is 1.14 bits per heavy atom. The molecule has 0 aliphatic rings. The summed E-state index contributed by atoms with van der Waals surface area (Å²) in [7, 11) is 0. The predicted octanol–water partition coefficient (Wildman–Crippen LogP) is 6.52. The van der Waals surface area contributed by atoms with E-state index in [0.29, 0.717) is 0 Å². The van der Waals surface area contributed by atoms with E-state index in [0.717, 1.165) is 0 Å². The molecule has 0 atom stereocenters. The van der Waals surface area contributed by atoms with E-state index >= 15 is 0 Å². The highest BCUT2D eigenvalue weighted by Crippen LogP contribution is 2.38. The summed E-state index contributed by atoms with van der Waals surface area (Å²) in [5, 5.41) is 2.61. The van der Waals surface area contributed by atoms with E-state index in [1.807, 2.05) is 11.3 Å². The first-order valence-corrected chi connectivity index (χ1v) is 8.20. The molecule has 0 radical (unpaired) electrons. The van der Waals surface area contributed by atoms with Crippen LogP contribution in [0.1, 0.15) is 0 Å². The summed E-state index contributed by atoms with van der Waals surface area (Å²) < 4.78 is 0. The standard InChI is InChI=1S/C21H15S/c1-3-9-16(10-4-1)20-15-18-13-7-8-14-19(18)21(22-20)17-11-5-2-6-12-17/h1-15H/q+1. The Labute approximate surface area is 134 Å². The highest BCUT2D eigenvalue weighted by molar-refractivity contribution is 7.19. The summed E-state index contributed by atoms with van der Waals surface area (Å²) in [6.45, 7) is 0. The first-order valence-electron chi connectivity index (χ1n) is 7.38. The van der Waals surface area contributed by atoms with Gasteiger partial charge < -0.3 is 0 Å². The summed E-state index contributed by atoms with van der Waals surface area (Å²) in [4.78, 5) is 2.63. The largest absolute Gasteiger partial charge is 0.246 e. The summed E-state index contributed by atoms with van der Waals surface area (Å²) in [5.74, 6) is 0. The van der Waals surface area contributed by atoms with Gasteiger partial charge in [-0.2, -0.15) is 0 Å². The molecule has 0 aliphatic heterocycles. The fraction of sp³-hybridized carbons (Fsp3) is 0. The van der Waals surface area contributed by atoms with Crippen LogP contribution in [0.4, 0.5) is 0 Å². The Morgan fingerprint density at radius 1 is 0.545 bits per heavy atom. The Balaban J connectivity index is 2.02. The molecule has 0 bridgehead atoms. The van der Waals surface area contributed by atoms with E-state index in [2.05, 4.69) is 91.0 Å². The molecule has 1 heterocycles. The second-order valence-corrected chi connectivity index (χ2v) is 6.31. The van der Waals surface area contributed by atoms with E-state index in [1.54, 1.807) is 0 Å². The normalized spacial score (nSPS) is 10.7. The van der Waals surface area contributed by atoms with Crippen molar-refractivity contribution >= 4 is 22.1 Å². The van der Waals surface area contributed by atoms with Crippen molar-refractivity contribution < 1.29 is 0 Å². The van der Waals surface area contributed by atoms with Crippen LogP contribution in [0, 0.1) is 0 Å². The summed E-state index contributed by atoms with van der Waals surface area (Å²) >= 11 is 1.86. The minimum Gasteiger partial charge on any atom is -0.0622 e. The van der Waals surface area contributed by atoms with E-state index < -0.39 is 0 Å². The van der Waals surface area contributed by atoms with Crippen molar-refractivity contribution in [3.05, 3.63) is 91.0 Å². The van der Waals surface area contributed by atoms with Crippen molar-refractivity contribution in [3.63, 3.8) is 0 Å². The molecule has 1 heteroatoms. The molecular weight excluding hydrogens is 284 g/mol. The Morgan fingerprint density at radius 3 is 1.86 bits per heavy atom. The molecule has 0 amide bonds. The fourth-order valence-corrected chi connectivity index (χ4v) is 3.92. The topological polar surface area (TPSA) is 0 Å². The average Bonchev–Trinajstić information content (AvgIpc) is 2.62. The van der Waals surface area contributed by atoms with Crippen molar-refractivity contribution in [1.82, 2.24) is 0 Å². The molecule has 22 heavy (non-hydrogen) atoms. The molecule has 0 fully saturated rings. The zero-order valence-electron chi connectivity index (χ0n) is 12.1. The van der Waals surface area contributed by atoms with Crippen LogP contribution in [-0.2, 0) is 0 Å². The van der Waals surface area contributed by atoms with Crippen molar-refractivity contribution in [2.24, 2.45) is 0 Å². The van der Waals surface area contributed by atoms with E-state index in [1.165, 1.54) is 31.7 Å². The maximum atomic E-state index is 2.29. The maximum Gasteiger partial charge on any atom is 0.246 e. The third-order valence-electron chi connectivity index (χ3n) is 3.80. The van der Waals surface area contributed by atoms with Gasteiger partial charge in [-0.3, -0.25) is 0 Å². The quantitative estimate of drug-likeness (QED) is 0.370. The van der Waals surface area contributed by atoms with Gasteiger partial charge in [-0.15, -0.1) is 0 Å². The molecular formula is C21H15S+. The molecule has 0 saturated heterocycles. The Kier molecular flexibility index (Phi) is 3.42. The summed E-state index contributed by atoms with van der Waals surface area (Å²) in [6.07, 6.45) is 0. The Bertz CT molecular complexity index is 912. The summed E-state index contributed by atoms with van der Waals surface area (Å²) in [6, 6.07) is 32.2. The zero-order valence-corrected chi connectivity index (χ0v) is 12.9. The lowest BCUT2D eigenvalue weighted by Gasteiger charge is -2.01. The molecule has 3 aromatic carbocycles. The van der Waals surface area contributed by atoms with Gasteiger partial charge in [0.15, 0.2) is 0 Å². The highest BCUT2D eigenvalue weighted by Gasteiger charge is 2.20.